The molecule has 0 spiro atoms. The van der Waals surface area contributed by atoms with Gasteiger partial charge in [-0.3, -0.25) is 9.69 Å². The van der Waals surface area contributed by atoms with E-state index in [0.29, 0.717) is 11.7 Å². The van der Waals surface area contributed by atoms with Crippen LogP contribution < -0.4 is 16.0 Å². The van der Waals surface area contributed by atoms with Crippen molar-refractivity contribution in [3.63, 3.8) is 0 Å². The Morgan fingerprint density at radius 1 is 1.42 bits per heavy atom. The lowest BCUT2D eigenvalue weighted by Crippen LogP contribution is -2.49. The molecule has 1 aliphatic rings. The molecule has 2 heterocycles. The number of likely N-dealkylation sites (N-methyl/N-ethyl adjacent to an activating group) is 1. The molecule has 0 saturated carbocycles. The van der Waals surface area contributed by atoms with Crippen LogP contribution in [0.25, 0.3) is 0 Å². The van der Waals surface area contributed by atoms with Crippen molar-refractivity contribution in [2.45, 2.75) is 0 Å². The molecule has 0 atom stereocenters. The van der Waals surface area contributed by atoms with Gasteiger partial charge in [-0.25, -0.2) is 4.98 Å². The van der Waals surface area contributed by atoms with Crippen LogP contribution in [0.4, 0.5) is 11.8 Å². The van der Waals surface area contributed by atoms with Gasteiger partial charge in [0.2, 0.25) is 11.9 Å². The van der Waals surface area contributed by atoms with Crippen LogP contribution in [0.1, 0.15) is 0 Å². The number of halogens is 1. The van der Waals surface area contributed by atoms with Crippen molar-refractivity contribution in [3.05, 3.63) is 11.2 Å². The lowest BCUT2D eigenvalue weighted by Gasteiger charge is -2.34. The summed E-state index contributed by atoms with van der Waals surface area (Å²) in [6.07, 6.45) is 0. The average Bonchev–Trinajstić information content (AvgIpc) is 2.38. The molecule has 1 saturated heterocycles. The van der Waals surface area contributed by atoms with E-state index in [1.54, 1.807) is 13.1 Å². The van der Waals surface area contributed by atoms with Gasteiger partial charge in [-0.15, -0.1) is 0 Å². The first kappa shape index (κ1) is 13.8. The quantitative estimate of drug-likeness (QED) is 0.733. The third-order valence-corrected chi connectivity index (χ3v) is 3.23. The van der Waals surface area contributed by atoms with Crippen LogP contribution >= 0.6 is 11.6 Å². The highest BCUT2D eigenvalue weighted by Gasteiger charge is 2.20. The molecule has 1 aromatic heterocycles. The first-order chi connectivity index (χ1) is 9.08. The molecule has 104 valence electrons. The first-order valence-corrected chi connectivity index (χ1v) is 6.44. The number of nitrogen functional groups attached to an aromatic ring is 1. The van der Waals surface area contributed by atoms with Crippen LogP contribution in [0.3, 0.4) is 0 Å². The zero-order chi connectivity index (χ0) is 13.8. The second-order valence-electron chi connectivity index (χ2n) is 4.34. The largest absolute Gasteiger partial charge is 0.368 e. The number of carbonyl (C=O) groups is 1. The van der Waals surface area contributed by atoms with Crippen LogP contribution in [-0.2, 0) is 4.79 Å². The molecule has 0 radical (unpaired) electrons. The van der Waals surface area contributed by atoms with E-state index in [4.69, 9.17) is 17.3 Å². The monoisotopic (exact) mass is 284 g/mol. The fraction of sp³-hybridized carbons (Fsp3) is 0.545. The minimum absolute atomic E-state index is 0.0303. The van der Waals surface area contributed by atoms with E-state index < -0.39 is 0 Å². The van der Waals surface area contributed by atoms with Gasteiger partial charge in [-0.05, 0) is 0 Å². The van der Waals surface area contributed by atoms with Gasteiger partial charge in [0.15, 0.2) is 0 Å². The van der Waals surface area contributed by atoms with Gasteiger partial charge >= 0.3 is 0 Å². The van der Waals surface area contributed by atoms with Gasteiger partial charge in [-0.1, -0.05) is 11.6 Å². The van der Waals surface area contributed by atoms with E-state index in [1.807, 2.05) is 0 Å². The van der Waals surface area contributed by atoms with Gasteiger partial charge in [0.25, 0.3) is 0 Å². The second-order valence-corrected chi connectivity index (χ2v) is 4.73. The van der Waals surface area contributed by atoms with Crippen LogP contribution in [0.5, 0.6) is 0 Å². The molecule has 19 heavy (non-hydrogen) atoms. The van der Waals surface area contributed by atoms with Crippen LogP contribution in [0.2, 0.25) is 5.15 Å². The summed E-state index contributed by atoms with van der Waals surface area (Å²) in [6.45, 7) is 3.59. The molecular weight excluding hydrogens is 268 g/mol. The number of nitrogens with one attached hydrogen (secondary N) is 1. The number of nitrogens with zero attached hydrogens (tertiary/aromatic N) is 4. The minimum Gasteiger partial charge on any atom is -0.368 e. The highest BCUT2D eigenvalue weighted by atomic mass is 35.5. The maximum atomic E-state index is 11.3. The third-order valence-electron chi connectivity index (χ3n) is 3.04. The van der Waals surface area contributed by atoms with Gasteiger partial charge in [0.1, 0.15) is 11.0 Å². The Labute approximate surface area is 116 Å². The normalized spacial score (nSPS) is 16.4. The maximum Gasteiger partial charge on any atom is 0.233 e. The zero-order valence-corrected chi connectivity index (χ0v) is 11.5. The SMILES string of the molecule is CNC(=O)CN1CCN(c2cc(Cl)nc(N)n2)CC1. The number of nitrogens with two attached hydrogens (primary N) is 1. The number of aromatic nitrogens is 2. The summed E-state index contributed by atoms with van der Waals surface area (Å²) in [6, 6.07) is 1.70. The summed E-state index contributed by atoms with van der Waals surface area (Å²) in [5, 5.41) is 2.96. The van der Waals surface area contributed by atoms with E-state index in [0.717, 1.165) is 32.0 Å². The Morgan fingerprint density at radius 3 is 2.68 bits per heavy atom. The van der Waals surface area contributed by atoms with Crippen LogP contribution in [0, 0.1) is 0 Å². The molecule has 0 bridgehead atoms. The topological polar surface area (TPSA) is 87.4 Å². The number of carbonyl (C=O) groups excluding carboxylic acids is 1. The summed E-state index contributed by atoms with van der Waals surface area (Å²) in [7, 11) is 1.64. The predicted octanol–water partition coefficient (Wildman–Crippen LogP) is -0.420. The van der Waals surface area contributed by atoms with Crippen LogP contribution in [0.15, 0.2) is 6.07 Å². The zero-order valence-electron chi connectivity index (χ0n) is 10.8. The van der Waals surface area contributed by atoms with Crippen molar-refractivity contribution in [1.29, 1.82) is 0 Å². The van der Waals surface area contributed by atoms with Gasteiger partial charge in [-0.2, -0.15) is 4.98 Å². The maximum absolute atomic E-state index is 11.3. The molecule has 1 amide bonds. The fourth-order valence-electron chi connectivity index (χ4n) is 2.00. The summed E-state index contributed by atoms with van der Waals surface area (Å²) in [4.78, 5) is 23.5. The van der Waals surface area contributed by atoms with Crippen molar-refractivity contribution in [2.75, 3.05) is 50.4 Å². The van der Waals surface area contributed by atoms with E-state index in [1.165, 1.54) is 0 Å². The van der Waals surface area contributed by atoms with Crippen molar-refractivity contribution >= 4 is 29.3 Å². The Kier molecular flexibility index (Phi) is 4.39. The van der Waals surface area contributed by atoms with E-state index >= 15 is 0 Å². The molecule has 3 N–H and O–H groups in total. The molecule has 1 aromatic rings. The molecular formula is C11H17ClN6O. The van der Waals surface area contributed by atoms with Gasteiger partial charge in [0.05, 0.1) is 6.54 Å². The predicted molar refractivity (Wildman–Crippen MR) is 74.2 cm³/mol. The smallest absolute Gasteiger partial charge is 0.233 e. The molecule has 0 aliphatic carbocycles. The summed E-state index contributed by atoms with van der Waals surface area (Å²) in [5.74, 6) is 0.940. The van der Waals surface area contributed by atoms with Crippen molar-refractivity contribution < 1.29 is 4.79 Å². The van der Waals surface area contributed by atoms with E-state index in [2.05, 4.69) is 25.1 Å². The summed E-state index contributed by atoms with van der Waals surface area (Å²) in [5.41, 5.74) is 5.58. The van der Waals surface area contributed by atoms with Crippen molar-refractivity contribution in [1.82, 2.24) is 20.2 Å². The van der Waals surface area contributed by atoms with Crippen molar-refractivity contribution in [2.24, 2.45) is 0 Å². The number of hydrogen-bond acceptors (Lipinski definition) is 6. The molecule has 1 fully saturated rings. The summed E-state index contributed by atoms with van der Waals surface area (Å²) >= 11 is 5.86. The Bertz CT molecular complexity index is 440. The Hall–Kier alpha value is -1.60. The van der Waals surface area contributed by atoms with Gasteiger partial charge in [0, 0.05) is 39.3 Å². The first-order valence-electron chi connectivity index (χ1n) is 6.06. The van der Waals surface area contributed by atoms with Gasteiger partial charge < -0.3 is 16.0 Å². The van der Waals surface area contributed by atoms with E-state index in [-0.39, 0.29) is 11.9 Å². The molecule has 2 rings (SSSR count). The number of hydrogen-bond donors (Lipinski definition) is 2. The lowest BCUT2D eigenvalue weighted by atomic mass is 10.3. The summed E-state index contributed by atoms with van der Waals surface area (Å²) < 4.78 is 0. The average molecular weight is 285 g/mol. The number of anilines is 2. The number of rotatable bonds is 3. The molecule has 0 unspecified atom stereocenters. The minimum atomic E-state index is 0.0303. The lowest BCUT2D eigenvalue weighted by molar-refractivity contribution is -0.121. The molecule has 1 aliphatic heterocycles. The van der Waals surface area contributed by atoms with Crippen LogP contribution in [-0.4, -0.2) is 60.5 Å². The molecule has 0 aromatic carbocycles. The van der Waals surface area contributed by atoms with E-state index in [9.17, 15) is 4.79 Å². The number of piperazine rings is 1. The number of amides is 1. The Morgan fingerprint density at radius 2 is 2.11 bits per heavy atom. The Balaban J connectivity index is 1.94. The fourth-order valence-corrected chi connectivity index (χ4v) is 2.19. The molecule has 8 heteroatoms. The second kappa shape index (κ2) is 6.03. The molecule has 7 nitrogen and oxygen atoms in total. The standard InChI is InChI=1S/C11H17ClN6O/c1-14-10(19)7-17-2-4-18(5-3-17)9-6-8(12)15-11(13)16-9/h6H,2-5,7H2,1H3,(H,14,19)(H2,13,15,16). The highest BCUT2D eigenvalue weighted by molar-refractivity contribution is 6.29. The van der Waals surface area contributed by atoms with Crippen molar-refractivity contribution in [3.8, 4) is 0 Å². The third kappa shape index (κ3) is 3.68. The highest BCUT2D eigenvalue weighted by Crippen LogP contribution is 2.18.